The van der Waals surface area contributed by atoms with E-state index in [1.165, 1.54) is 22.7 Å². The lowest BCUT2D eigenvalue weighted by Gasteiger charge is -2.16. The Labute approximate surface area is 160 Å². The summed E-state index contributed by atoms with van der Waals surface area (Å²) in [6, 6.07) is 5.87. The molecular formula is C19H20N4O5. The molecule has 1 aromatic carbocycles. The van der Waals surface area contributed by atoms with Gasteiger partial charge < -0.3 is 15.2 Å². The van der Waals surface area contributed by atoms with Crippen LogP contribution in [0.2, 0.25) is 0 Å². The van der Waals surface area contributed by atoms with Crippen molar-refractivity contribution in [1.82, 2.24) is 14.6 Å². The average Bonchev–Trinajstić information content (AvgIpc) is 3.08. The fourth-order valence-corrected chi connectivity index (χ4v) is 2.78. The van der Waals surface area contributed by atoms with Crippen molar-refractivity contribution in [2.75, 3.05) is 5.32 Å². The molecule has 9 nitrogen and oxygen atoms in total. The predicted octanol–water partition coefficient (Wildman–Crippen LogP) is 2.00. The van der Waals surface area contributed by atoms with Crippen LogP contribution in [-0.4, -0.2) is 37.7 Å². The molecule has 2 heterocycles. The van der Waals surface area contributed by atoms with Gasteiger partial charge >= 0.3 is 5.97 Å². The van der Waals surface area contributed by atoms with Crippen molar-refractivity contribution in [3.05, 3.63) is 57.6 Å². The third-order valence-electron chi connectivity index (χ3n) is 4.05. The van der Waals surface area contributed by atoms with Gasteiger partial charge in [0.15, 0.2) is 5.65 Å². The molecule has 0 unspecified atom stereocenters. The zero-order chi connectivity index (χ0) is 20.4. The summed E-state index contributed by atoms with van der Waals surface area (Å²) in [6.45, 7) is 5.30. The minimum Gasteiger partial charge on any atom is -0.489 e. The second-order valence-corrected chi connectivity index (χ2v) is 6.54. The van der Waals surface area contributed by atoms with Crippen LogP contribution in [0.5, 0.6) is 5.75 Å². The maximum atomic E-state index is 12.6. The number of nitrogens with zero attached hydrogens (tertiary/aromatic N) is 2. The highest BCUT2D eigenvalue weighted by atomic mass is 16.5. The van der Waals surface area contributed by atoms with Crippen LogP contribution in [0.3, 0.4) is 0 Å². The molecule has 0 saturated carbocycles. The van der Waals surface area contributed by atoms with E-state index >= 15 is 0 Å². The number of fused-ring (bicyclic) bond motifs is 1. The molecule has 0 spiro atoms. The number of ether oxygens (including phenoxy) is 1. The van der Waals surface area contributed by atoms with E-state index in [2.05, 4.69) is 15.4 Å². The highest BCUT2D eigenvalue weighted by Crippen LogP contribution is 2.27. The average molecular weight is 384 g/mol. The van der Waals surface area contributed by atoms with E-state index in [9.17, 15) is 19.5 Å². The van der Waals surface area contributed by atoms with Gasteiger partial charge in [-0.25, -0.2) is 14.3 Å². The Morgan fingerprint density at radius 2 is 2.07 bits per heavy atom. The maximum absolute atomic E-state index is 12.6. The number of aromatic carboxylic acids is 1. The second kappa shape index (κ2) is 7.55. The highest BCUT2D eigenvalue weighted by Gasteiger charge is 2.17. The number of carbonyl (C=O) groups is 2. The van der Waals surface area contributed by atoms with Crippen LogP contribution in [0.1, 0.15) is 35.5 Å². The van der Waals surface area contributed by atoms with E-state index in [0.717, 1.165) is 0 Å². The number of anilines is 1. The van der Waals surface area contributed by atoms with Crippen LogP contribution in [-0.2, 0) is 11.2 Å². The fraction of sp³-hybridized carbons (Fsp3) is 0.263. The van der Waals surface area contributed by atoms with Gasteiger partial charge in [-0.3, -0.25) is 14.7 Å². The van der Waals surface area contributed by atoms with Gasteiger partial charge in [0.05, 0.1) is 23.8 Å². The second-order valence-electron chi connectivity index (χ2n) is 6.54. The third kappa shape index (κ3) is 3.88. The van der Waals surface area contributed by atoms with E-state index in [4.69, 9.17) is 4.74 Å². The summed E-state index contributed by atoms with van der Waals surface area (Å²) in [5.41, 5.74) is 1.05. The molecule has 3 N–H and O–H groups in total. The SMILES string of the molecule is Cc1nc2cc[nH]n2c(=O)c1CC(=O)Nc1cc(C(=O)O)ccc1OC(C)C. The van der Waals surface area contributed by atoms with Gasteiger partial charge in [0, 0.05) is 23.5 Å². The van der Waals surface area contributed by atoms with Gasteiger partial charge in [0.2, 0.25) is 5.91 Å². The van der Waals surface area contributed by atoms with Gasteiger partial charge in [0.1, 0.15) is 5.75 Å². The quantitative estimate of drug-likeness (QED) is 0.597. The Balaban J connectivity index is 1.90. The largest absolute Gasteiger partial charge is 0.489 e. The number of amides is 1. The molecule has 0 aliphatic carbocycles. The molecule has 0 bridgehead atoms. The third-order valence-corrected chi connectivity index (χ3v) is 4.05. The summed E-state index contributed by atoms with van der Waals surface area (Å²) >= 11 is 0. The summed E-state index contributed by atoms with van der Waals surface area (Å²) in [5.74, 6) is -1.26. The molecule has 9 heteroatoms. The molecule has 28 heavy (non-hydrogen) atoms. The molecule has 0 radical (unpaired) electrons. The molecule has 1 amide bonds. The van der Waals surface area contributed by atoms with Crippen molar-refractivity contribution in [2.24, 2.45) is 0 Å². The summed E-state index contributed by atoms with van der Waals surface area (Å²) in [7, 11) is 0. The molecule has 146 valence electrons. The Morgan fingerprint density at radius 3 is 2.75 bits per heavy atom. The number of nitrogens with one attached hydrogen (secondary N) is 2. The number of aryl methyl sites for hydroxylation is 1. The van der Waals surface area contributed by atoms with Crippen LogP contribution in [0, 0.1) is 6.92 Å². The van der Waals surface area contributed by atoms with Crippen LogP contribution in [0.15, 0.2) is 35.3 Å². The van der Waals surface area contributed by atoms with Crippen molar-refractivity contribution in [3.63, 3.8) is 0 Å². The molecule has 2 aromatic heterocycles. The van der Waals surface area contributed by atoms with Gasteiger partial charge in [-0.05, 0) is 39.0 Å². The monoisotopic (exact) mass is 384 g/mol. The standard InChI is InChI=1S/C19H20N4O5/c1-10(2)28-15-5-4-12(19(26)27)8-14(15)22-17(24)9-13-11(3)21-16-6-7-20-23(16)18(13)25/h4-8,10,20H,9H2,1-3H3,(H,22,24)(H,26,27). The van der Waals surface area contributed by atoms with Crippen LogP contribution in [0.25, 0.3) is 5.65 Å². The zero-order valence-electron chi connectivity index (χ0n) is 15.6. The molecular weight excluding hydrogens is 364 g/mol. The first-order chi connectivity index (χ1) is 13.3. The van der Waals surface area contributed by atoms with Crippen LogP contribution < -0.4 is 15.6 Å². The molecule has 0 fully saturated rings. The summed E-state index contributed by atoms with van der Waals surface area (Å²) in [5, 5.41) is 14.6. The lowest BCUT2D eigenvalue weighted by molar-refractivity contribution is -0.115. The first-order valence-electron chi connectivity index (χ1n) is 8.65. The number of hydrogen-bond acceptors (Lipinski definition) is 5. The normalized spacial score (nSPS) is 11.0. The number of H-pyrrole nitrogens is 1. The van der Waals surface area contributed by atoms with Gasteiger partial charge in [-0.15, -0.1) is 0 Å². The van der Waals surface area contributed by atoms with E-state index in [-0.39, 0.29) is 34.9 Å². The minimum atomic E-state index is -1.12. The first-order valence-corrected chi connectivity index (χ1v) is 8.65. The lowest BCUT2D eigenvalue weighted by atomic mass is 10.1. The number of carboxylic acid groups (broad SMARTS) is 1. The van der Waals surface area contributed by atoms with Crippen LogP contribution >= 0.6 is 0 Å². The summed E-state index contributed by atoms with van der Waals surface area (Å²) in [4.78, 5) is 40.7. The number of rotatable bonds is 6. The summed E-state index contributed by atoms with van der Waals surface area (Å²) < 4.78 is 6.89. The predicted molar refractivity (Wildman–Crippen MR) is 102 cm³/mol. The van der Waals surface area contributed by atoms with E-state index in [1.54, 1.807) is 19.2 Å². The zero-order valence-corrected chi connectivity index (χ0v) is 15.6. The molecule has 0 aliphatic rings. The number of aromatic nitrogens is 3. The van der Waals surface area contributed by atoms with E-state index in [1.807, 2.05) is 13.8 Å². The van der Waals surface area contributed by atoms with Gasteiger partial charge in [-0.2, -0.15) is 0 Å². The molecule has 0 atom stereocenters. The summed E-state index contributed by atoms with van der Waals surface area (Å²) in [6.07, 6.45) is 1.20. The highest BCUT2D eigenvalue weighted by molar-refractivity contribution is 5.96. The van der Waals surface area contributed by atoms with Crippen molar-refractivity contribution in [3.8, 4) is 5.75 Å². The topological polar surface area (TPSA) is 126 Å². The van der Waals surface area contributed by atoms with Gasteiger partial charge in [-0.1, -0.05) is 0 Å². The number of carboxylic acids is 1. The lowest BCUT2D eigenvalue weighted by Crippen LogP contribution is -2.26. The first kappa shape index (κ1) is 19.2. The smallest absolute Gasteiger partial charge is 0.335 e. The van der Waals surface area contributed by atoms with Crippen molar-refractivity contribution in [2.45, 2.75) is 33.3 Å². The Morgan fingerprint density at radius 1 is 1.32 bits per heavy atom. The molecule has 3 rings (SSSR count). The van der Waals surface area contributed by atoms with E-state index < -0.39 is 11.9 Å². The molecule has 0 saturated heterocycles. The van der Waals surface area contributed by atoms with E-state index in [0.29, 0.717) is 17.1 Å². The van der Waals surface area contributed by atoms with Crippen molar-refractivity contribution < 1.29 is 19.4 Å². The Hall–Kier alpha value is -3.62. The number of aromatic amines is 1. The fourth-order valence-electron chi connectivity index (χ4n) is 2.78. The molecule has 3 aromatic rings. The number of hydrogen-bond donors (Lipinski definition) is 3. The minimum absolute atomic E-state index is 0.0112. The Bertz CT molecular complexity index is 1110. The van der Waals surface area contributed by atoms with Crippen LogP contribution in [0.4, 0.5) is 5.69 Å². The molecule has 0 aliphatic heterocycles. The van der Waals surface area contributed by atoms with Gasteiger partial charge in [0.25, 0.3) is 5.56 Å². The maximum Gasteiger partial charge on any atom is 0.335 e. The number of carbonyl (C=O) groups excluding carboxylic acids is 1. The number of benzene rings is 1. The van der Waals surface area contributed by atoms with Crippen molar-refractivity contribution >= 4 is 23.2 Å². The Kier molecular flexibility index (Phi) is 5.16. The van der Waals surface area contributed by atoms with Crippen molar-refractivity contribution in [1.29, 1.82) is 0 Å².